The predicted molar refractivity (Wildman–Crippen MR) is 91.8 cm³/mol. The van der Waals surface area contributed by atoms with Crippen LogP contribution in [0.2, 0.25) is 0 Å². The number of piperidine rings is 3. The summed E-state index contributed by atoms with van der Waals surface area (Å²) >= 11 is 0. The fourth-order valence-electron chi connectivity index (χ4n) is 4.98. The van der Waals surface area contributed by atoms with E-state index in [-0.39, 0.29) is 6.10 Å². The van der Waals surface area contributed by atoms with E-state index in [0.29, 0.717) is 17.8 Å². The number of hydrogen-bond acceptors (Lipinski definition) is 3. The molecule has 1 saturated carbocycles. The average Bonchev–Trinajstić information content (AvgIpc) is 3.09. The quantitative estimate of drug-likeness (QED) is 0.903. The zero-order valence-electron chi connectivity index (χ0n) is 14.2. The van der Waals surface area contributed by atoms with E-state index in [2.05, 4.69) is 17.9 Å². The van der Waals surface area contributed by atoms with Crippen LogP contribution in [-0.4, -0.2) is 35.7 Å². The third-order valence-electron chi connectivity index (χ3n) is 6.29. The molecule has 1 aromatic rings. The SMILES string of the molecule is C[C@@H](O[C@H]1CN2CCC1CC2)c1cccc(O)c1C1CCCC1. The maximum absolute atomic E-state index is 10.4. The molecule has 0 unspecified atom stereocenters. The molecule has 23 heavy (non-hydrogen) atoms. The molecule has 126 valence electrons. The van der Waals surface area contributed by atoms with Crippen molar-refractivity contribution in [1.82, 2.24) is 4.90 Å². The monoisotopic (exact) mass is 315 g/mol. The van der Waals surface area contributed by atoms with Crippen molar-refractivity contribution in [3.63, 3.8) is 0 Å². The van der Waals surface area contributed by atoms with E-state index in [1.165, 1.54) is 62.7 Å². The van der Waals surface area contributed by atoms with Crippen molar-refractivity contribution in [2.24, 2.45) is 5.92 Å². The Morgan fingerprint density at radius 2 is 1.87 bits per heavy atom. The third-order valence-corrected chi connectivity index (χ3v) is 6.29. The van der Waals surface area contributed by atoms with Gasteiger partial charge in [-0.05, 0) is 69.2 Å². The number of ether oxygens (including phenoxy) is 1. The molecule has 3 heterocycles. The van der Waals surface area contributed by atoms with Crippen molar-refractivity contribution >= 4 is 0 Å². The van der Waals surface area contributed by atoms with Gasteiger partial charge in [0, 0.05) is 12.1 Å². The fourth-order valence-corrected chi connectivity index (χ4v) is 4.98. The molecule has 4 aliphatic rings. The van der Waals surface area contributed by atoms with E-state index in [9.17, 15) is 5.11 Å². The molecular formula is C20H29NO2. The largest absolute Gasteiger partial charge is 0.508 e. The van der Waals surface area contributed by atoms with E-state index in [1.54, 1.807) is 0 Å². The van der Waals surface area contributed by atoms with Gasteiger partial charge in [-0.3, -0.25) is 0 Å². The van der Waals surface area contributed by atoms with Gasteiger partial charge in [0.1, 0.15) is 5.75 Å². The highest BCUT2D eigenvalue weighted by atomic mass is 16.5. The summed E-state index contributed by atoms with van der Waals surface area (Å²) in [5.41, 5.74) is 2.38. The van der Waals surface area contributed by atoms with Crippen LogP contribution >= 0.6 is 0 Å². The van der Waals surface area contributed by atoms with Crippen molar-refractivity contribution in [2.45, 2.75) is 63.6 Å². The van der Waals surface area contributed by atoms with Gasteiger partial charge in [0.15, 0.2) is 0 Å². The van der Waals surface area contributed by atoms with Gasteiger partial charge in [-0.2, -0.15) is 0 Å². The predicted octanol–water partition coefficient (Wildman–Crippen LogP) is 4.22. The van der Waals surface area contributed by atoms with Crippen LogP contribution in [-0.2, 0) is 4.74 Å². The number of phenolic OH excluding ortho intramolecular Hbond substituents is 1. The van der Waals surface area contributed by atoms with Crippen LogP contribution in [0.5, 0.6) is 5.75 Å². The smallest absolute Gasteiger partial charge is 0.119 e. The Morgan fingerprint density at radius 3 is 2.52 bits per heavy atom. The minimum absolute atomic E-state index is 0.0725. The Kier molecular flexibility index (Phi) is 4.33. The highest BCUT2D eigenvalue weighted by Gasteiger charge is 2.36. The second-order valence-electron chi connectivity index (χ2n) is 7.72. The van der Waals surface area contributed by atoms with E-state index in [1.807, 2.05) is 12.1 Å². The van der Waals surface area contributed by atoms with Crippen molar-refractivity contribution in [2.75, 3.05) is 19.6 Å². The Labute approximate surface area is 139 Å². The topological polar surface area (TPSA) is 32.7 Å². The number of phenols is 1. The van der Waals surface area contributed by atoms with E-state index in [4.69, 9.17) is 4.74 Å². The number of rotatable bonds is 4. The number of hydrogen-bond donors (Lipinski definition) is 1. The summed E-state index contributed by atoms with van der Waals surface area (Å²) in [5, 5.41) is 10.4. The number of nitrogens with zero attached hydrogens (tertiary/aromatic N) is 1. The van der Waals surface area contributed by atoms with Gasteiger partial charge < -0.3 is 14.7 Å². The molecule has 2 atom stereocenters. The first-order valence-electron chi connectivity index (χ1n) is 9.42. The molecule has 0 spiro atoms. The zero-order chi connectivity index (χ0) is 15.8. The summed E-state index contributed by atoms with van der Waals surface area (Å²) in [7, 11) is 0. The van der Waals surface area contributed by atoms with Gasteiger partial charge in [0.25, 0.3) is 0 Å². The minimum Gasteiger partial charge on any atom is -0.508 e. The fraction of sp³-hybridized carbons (Fsp3) is 0.700. The van der Waals surface area contributed by atoms with Crippen LogP contribution in [0, 0.1) is 5.92 Å². The van der Waals surface area contributed by atoms with Gasteiger partial charge >= 0.3 is 0 Å². The standard InChI is InChI=1S/C20H29NO2/c1-14(23-19-13-21-11-9-15(19)10-12-21)17-7-4-8-18(22)20(17)16-5-2-3-6-16/h4,7-8,14-16,19,22H,2-3,5-6,9-13H2,1H3/t14-,19+/m1/s1. The number of aromatic hydroxyl groups is 1. The molecule has 3 nitrogen and oxygen atoms in total. The lowest BCUT2D eigenvalue weighted by molar-refractivity contribution is -0.0991. The number of fused-ring (bicyclic) bond motifs is 3. The Hall–Kier alpha value is -1.06. The minimum atomic E-state index is 0.0725. The van der Waals surface area contributed by atoms with Crippen LogP contribution in [0.1, 0.15) is 68.6 Å². The molecule has 1 aromatic carbocycles. The summed E-state index contributed by atoms with van der Waals surface area (Å²) in [5.74, 6) is 1.72. The summed E-state index contributed by atoms with van der Waals surface area (Å²) in [6.45, 7) is 5.76. The first-order chi connectivity index (χ1) is 11.2. The molecule has 1 N–H and O–H groups in total. The second kappa shape index (κ2) is 6.45. The Balaban J connectivity index is 1.54. The van der Waals surface area contributed by atoms with Crippen LogP contribution in [0.3, 0.4) is 0 Å². The van der Waals surface area contributed by atoms with Crippen LogP contribution in [0.25, 0.3) is 0 Å². The molecule has 0 radical (unpaired) electrons. The summed E-state index contributed by atoms with van der Waals surface area (Å²) in [6, 6.07) is 5.98. The molecular weight excluding hydrogens is 286 g/mol. The average molecular weight is 315 g/mol. The van der Waals surface area contributed by atoms with Crippen LogP contribution < -0.4 is 0 Å². The summed E-state index contributed by atoms with van der Waals surface area (Å²) < 4.78 is 6.51. The summed E-state index contributed by atoms with van der Waals surface area (Å²) in [4.78, 5) is 2.54. The van der Waals surface area contributed by atoms with Gasteiger partial charge in [-0.25, -0.2) is 0 Å². The molecule has 3 aliphatic heterocycles. The first kappa shape index (κ1) is 15.5. The summed E-state index contributed by atoms with van der Waals surface area (Å²) in [6.07, 6.45) is 7.99. The maximum atomic E-state index is 10.4. The van der Waals surface area contributed by atoms with Crippen molar-refractivity contribution in [3.05, 3.63) is 29.3 Å². The normalized spacial score (nSPS) is 32.3. The lowest BCUT2D eigenvalue weighted by atomic mass is 9.85. The maximum Gasteiger partial charge on any atom is 0.119 e. The van der Waals surface area contributed by atoms with E-state index in [0.717, 1.165) is 12.5 Å². The Bertz CT molecular complexity index is 545. The van der Waals surface area contributed by atoms with Crippen molar-refractivity contribution in [3.8, 4) is 5.75 Å². The molecule has 2 bridgehead atoms. The van der Waals surface area contributed by atoms with Gasteiger partial charge in [0.05, 0.1) is 12.2 Å². The molecule has 1 aliphatic carbocycles. The van der Waals surface area contributed by atoms with E-state index < -0.39 is 0 Å². The number of benzene rings is 1. The Morgan fingerprint density at radius 1 is 1.13 bits per heavy atom. The molecule has 5 rings (SSSR count). The van der Waals surface area contributed by atoms with Crippen molar-refractivity contribution in [1.29, 1.82) is 0 Å². The van der Waals surface area contributed by atoms with Crippen LogP contribution in [0.15, 0.2) is 18.2 Å². The third kappa shape index (κ3) is 3.01. The zero-order valence-corrected chi connectivity index (χ0v) is 14.2. The highest BCUT2D eigenvalue weighted by molar-refractivity contribution is 5.43. The molecule has 0 aromatic heterocycles. The second-order valence-corrected chi connectivity index (χ2v) is 7.72. The van der Waals surface area contributed by atoms with Gasteiger partial charge in [-0.1, -0.05) is 25.0 Å². The van der Waals surface area contributed by atoms with Gasteiger partial charge in [-0.15, -0.1) is 0 Å². The van der Waals surface area contributed by atoms with E-state index >= 15 is 0 Å². The van der Waals surface area contributed by atoms with Gasteiger partial charge in [0.2, 0.25) is 0 Å². The molecule has 3 heteroatoms. The molecule has 4 fully saturated rings. The lowest BCUT2D eigenvalue weighted by Crippen LogP contribution is -2.51. The van der Waals surface area contributed by atoms with Crippen LogP contribution in [0.4, 0.5) is 0 Å². The molecule has 3 saturated heterocycles. The first-order valence-corrected chi connectivity index (χ1v) is 9.42. The lowest BCUT2D eigenvalue weighted by Gasteiger charge is -2.45. The highest BCUT2D eigenvalue weighted by Crippen LogP contribution is 2.43. The van der Waals surface area contributed by atoms with Crippen molar-refractivity contribution < 1.29 is 9.84 Å². The molecule has 0 amide bonds.